The van der Waals surface area contributed by atoms with Gasteiger partial charge in [0.25, 0.3) is 11.1 Å². The van der Waals surface area contributed by atoms with E-state index in [1.165, 1.54) is 20.5 Å². The Kier molecular flexibility index (Phi) is 8.52. The Morgan fingerprint density at radius 1 is 0.375 bits per heavy atom. The van der Waals surface area contributed by atoms with E-state index in [2.05, 4.69) is 68.7 Å². The molecule has 0 atom stereocenters. The van der Waals surface area contributed by atoms with Crippen LogP contribution < -0.4 is 11.1 Å². The first-order chi connectivity index (χ1) is 23.6. The largest absolute Gasteiger partial charge is 0.289 e. The molecular weight excluding hydrogens is 596 g/mol. The number of pyridine rings is 2. The Morgan fingerprint density at radius 2 is 0.708 bits per heavy atom. The van der Waals surface area contributed by atoms with Crippen LogP contribution in [0.25, 0.3) is 56.4 Å². The Balaban J connectivity index is 0.000000152. The predicted molar refractivity (Wildman–Crippen MR) is 190 cm³/mol. The summed E-state index contributed by atoms with van der Waals surface area (Å²) in [5, 5.41) is 6.23. The van der Waals surface area contributed by atoms with E-state index in [4.69, 9.17) is 0 Å². The van der Waals surface area contributed by atoms with Gasteiger partial charge < -0.3 is 0 Å². The molecule has 0 bridgehead atoms. The Morgan fingerprint density at radius 3 is 1.06 bits per heavy atom. The quantitative estimate of drug-likeness (QED) is 0.197. The van der Waals surface area contributed by atoms with E-state index in [0.29, 0.717) is 11.6 Å². The van der Waals surface area contributed by atoms with Gasteiger partial charge in [-0.05, 0) is 57.6 Å². The van der Waals surface area contributed by atoms with Gasteiger partial charge in [0.15, 0.2) is 11.6 Å². The van der Waals surface area contributed by atoms with Crippen LogP contribution in [0.1, 0.15) is 0 Å². The minimum Gasteiger partial charge on any atom is -0.289 e. The molecule has 8 rings (SSSR count). The third-order valence-electron chi connectivity index (χ3n) is 7.80. The molecule has 4 aromatic heterocycles. The van der Waals surface area contributed by atoms with E-state index >= 15 is 0 Å². The summed E-state index contributed by atoms with van der Waals surface area (Å²) < 4.78 is 2.89. The maximum atomic E-state index is 12.2. The van der Waals surface area contributed by atoms with Crippen LogP contribution in [0.4, 0.5) is 0 Å². The summed E-state index contributed by atoms with van der Waals surface area (Å²) in [5.41, 5.74) is 7.83. The number of H-pyrrole nitrogens is 2. The number of rotatable bonds is 6. The van der Waals surface area contributed by atoms with Gasteiger partial charge in [-0.2, -0.15) is 0 Å². The lowest BCUT2D eigenvalue weighted by Crippen LogP contribution is -2.14. The van der Waals surface area contributed by atoms with Crippen molar-refractivity contribution in [3.05, 3.63) is 191 Å². The summed E-state index contributed by atoms with van der Waals surface area (Å²) in [6, 6.07) is 50.8. The SMILES string of the molecule is O=c1cc(-c2ccc(-c3ccccc3)cc2)[nH]n1-c1ccccn1.O=c1cc(-c2ccc(-c3ccccc3)cc2)[nH]n1-c1ccccn1. The molecule has 0 aliphatic heterocycles. The second-order valence-corrected chi connectivity index (χ2v) is 10.9. The van der Waals surface area contributed by atoms with Crippen molar-refractivity contribution in [1.82, 2.24) is 29.5 Å². The van der Waals surface area contributed by atoms with Gasteiger partial charge in [0, 0.05) is 24.5 Å². The fraction of sp³-hybridized carbons (Fsp3) is 0. The maximum Gasteiger partial charge on any atom is 0.273 e. The van der Waals surface area contributed by atoms with Gasteiger partial charge in [0.1, 0.15) is 0 Å². The zero-order valence-electron chi connectivity index (χ0n) is 25.8. The zero-order chi connectivity index (χ0) is 32.7. The van der Waals surface area contributed by atoms with E-state index in [-0.39, 0.29) is 11.1 Å². The molecule has 4 aromatic carbocycles. The van der Waals surface area contributed by atoms with Crippen LogP contribution >= 0.6 is 0 Å². The Bertz CT molecular complexity index is 2170. The second kappa shape index (κ2) is 13.7. The van der Waals surface area contributed by atoms with Crippen LogP contribution in [0.15, 0.2) is 180 Å². The van der Waals surface area contributed by atoms with Gasteiger partial charge >= 0.3 is 0 Å². The first-order valence-electron chi connectivity index (χ1n) is 15.4. The third kappa shape index (κ3) is 6.59. The van der Waals surface area contributed by atoms with E-state index in [1.807, 2.05) is 84.9 Å². The predicted octanol–water partition coefficient (Wildman–Crippen LogP) is 7.79. The standard InChI is InChI=1S/2C20H15N3O/c2*24-20-14-18(22-23(20)19-8-4-5-13-21-19)17-11-9-16(10-12-17)15-6-2-1-3-7-15/h2*1-14,22H. The molecule has 0 radical (unpaired) electrons. The molecular formula is C40H30N6O2. The first-order valence-corrected chi connectivity index (χ1v) is 15.4. The molecule has 0 saturated heterocycles. The molecule has 8 heteroatoms. The van der Waals surface area contributed by atoms with Gasteiger partial charge in [-0.25, -0.2) is 19.3 Å². The van der Waals surface area contributed by atoms with Crippen molar-refractivity contribution in [2.75, 3.05) is 0 Å². The zero-order valence-corrected chi connectivity index (χ0v) is 25.8. The summed E-state index contributed by atoms with van der Waals surface area (Å²) in [6.07, 6.45) is 3.33. The fourth-order valence-electron chi connectivity index (χ4n) is 5.35. The van der Waals surface area contributed by atoms with Gasteiger partial charge in [0.05, 0.1) is 11.4 Å². The van der Waals surface area contributed by atoms with Gasteiger partial charge in [-0.15, -0.1) is 0 Å². The maximum absolute atomic E-state index is 12.2. The molecule has 232 valence electrons. The third-order valence-corrected chi connectivity index (χ3v) is 7.80. The van der Waals surface area contributed by atoms with Crippen molar-refractivity contribution in [3.8, 4) is 56.4 Å². The van der Waals surface area contributed by atoms with Crippen LogP contribution in [0, 0.1) is 0 Å². The van der Waals surface area contributed by atoms with Crippen LogP contribution in [0.5, 0.6) is 0 Å². The lowest BCUT2D eigenvalue weighted by atomic mass is 10.0. The van der Waals surface area contributed by atoms with Crippen molar-refractivity contribution in [1.29, 1.82) is 0 Å². The molecule has 0 amide bonds. The van der Waals surface area contributed by atoms with E-state index < -0.39 is 0 Å². The number of nitrogens with one attached hydrogen (secondary N) is 2. The monoisotopic (exact) mass is 626 g/mol. The summed E-state index contributed by atoms with van der Waals surface area (Å²) in [5.74, 6) is 1.16. The Hall–Kier alpha value is -6.80. The average molecular weight is 627 g/mol. The first kappa shape index (κ1) is 29.9. The number of hydrogen-bond donors (Lipinski definition) is 2. The molecule has 0 unspecified atom stereocenters. The van der Waals surface area contributed by atoms with Gasteiger partial charge in [0.2, 0.25) is 0 Å². The highest BCUT2D eigenvalue weighted by Gasteiger charge is 2.09. The normalized spacial score (nSPS) is 10.7. The molecule has 4 heterocycles. The molecule has 2 N–H and O–H groups in total. The second-order valence-electron chi connectivity index (χ2n) is 10.9. The lowest BCUT2D eigenvalue weighted by molar-refractivity contribution is 0.822. The van der Waals surface area contributed by atoms with Crippen LogP contribution in [-0.4, -0.2) is 29.5 Å². The van der Waals surface area contributed by atoms with Crippen molar-refractivity contribution in [2.45, 2.75) is 0 Å². The average Bonchev–Trinajstić information content (AvgIpc) is 3.76. The Labute approximate surface area is 276 Å². The van der Waals surface area contributed by atoms with E-state index in [1.54, 1.807) is 36.7 Å². The summed E-state index contributed by atoms with van der Waals surface area (Å²) >= 11 is 0. The minimum atomic E-state index is -0.129. The molecule has 0 aliphatic carbocycles. The van der Waals surface area contributed by atoms with Gasteiger partial charge in [-0.3, -0.25) is 19.8 Å². The van der Waals surface area contributed by atoms with Crippen molar-refractivity contribution in [3.63, 3.8) is 0 Å². The molecule has 0 saturated carbocycles. The summed E-state index contributed by atoms with van der Waals surface area (Å²) in [7, 11) is 0. The fourth-order valence-corrected chi connectivity index (χ4v) is 5.35. The number of nitrogens with zero attached hydrogens (tertiary/aromatic N) is 4. The van der Waals surface area contributed by atoms with Crippen molar-refractivity contribution >= 4 is 0 Å². The molecule has 0 aliphatic rings. The molecule has 8 aromatic rings. The number of benzene rings is 4. The van der Waals surface area contributed by atoms with E-state index in [9.17, 15) is 9.59 Å². The summed E-state index contributed by atoms with van der Waals surface area (Å²) in [6.45, 7) is 0. The molecule has 0 fully saturated rings. The minimum absolute atomic E-state index is 0.129. The number of aromatic amines is 2. The van der Waals surface area contributed by atoms with Gasteiger partial charge in [-0.1, -0.05) is 121 Å². The highest BCUT2D eigenvalue weighted by molar-refractivity contribution is 5.70. The highest BCUT2D eigenvalue weighted by Crippen LogP contribution is 2.25. The molecule has 0 spiro atoms. The van der Waals surface area contributed by atoms with Crippen molar-refractivity contribution in [2.24, 2.45) is 0 Å². The topological polar surface area (TPSA) is 101 Å². The molecule has 8 nitrogen and oxygen atoms in total. The van der Waals surface area contributed by atoms with Crippen LogP contribution in [-0.2, 0) is 0 Å². The van der Waals surface area contributed by atoms with E-state index in [0.717, 1.165) is 33.6 Å². The smallest absolute Gasteiger partial charge is 0.273 e. The number of aromatic nitrogens is 6. The highest BCUT2D eigenvalue weighted by atomic mass is 16.1. The van der Waals surface area contributed by atoms with Crippen LogP contribution in [0.2, 0.25) is 0 Å². The lowest BCUT2D eigenvalue weighted by Gasteiger charge is -2.04. The molecule has 48 heavy (non-hydrogen) atoms. The van der Waals surface area contributed by atoms with Crippen LogP contribution in [0.3, 0.4) is 0 Å². The summed E-state index contributed by atoms with van der Waals surface area (Å²) in [4.78, 5) is 32.8. The van der Waals surface area contributed by atoms with Crippen molar-refractivity contribution < 1.29 is 0 Å². The number of hydrogen-bond acceptors (Lipinski definition) is 4.